The highest BCUT2D eigenvalue weighted by Gasteiger charge is 2.18. The number of hydrogen-bond acceptors (Lipinski definition) is 1. The van der Waals surface area contributed by atoms with Crippen LogP contribution in [0.3, 0.4) is 0 Å². The molecule has 0 amide bonds. The Morgan fingerprint density at radius 3 is 1.37 bits per heavy atom. The molecule has 9 rings (SSSR count). The Labute approximate surface area is 267 Å². The summed E-state index contributed by atoms with van der Waals surface area (Å²) in [4.78, 5) is 5.16. The molecule has 0 unspecified atom stereocenters. The van der Waals surface area contributed by atoms with Crippen molar-refractivity contribution < 1.29 is 0 Å². The van der Waals surface area contributed by atoms with E-state index >= 15 is 0 Å². The normalized spacial score (nSPS) is 11.5. The van der Waals surface area contributed by atoms with E-state index in [0.29, 0.717) is 0 Å². The van der Waals surface area contributed by atoms with E-state index in [4.69, 9.17) is 4.98 Å². The van der Waals surface area contributed by atoms with Crippen molar-refractivity contribution in [2.75, 3.05) is 0 Å². The van der Waals surface area contributed by atoms with Gasteiger partial charge in [0.15, 0.2) is 0 Å². The maximum Gasteiger partial charge on any atom is 0.0722 e. The molecular weight excluding hydrogens is 555 g/mol. The first-order chi connectivity index (χ1) is 22.8. The molecule has 8 aromatic carbocycles. The molecule has 0 fully saturated rings. The molecule has 0 radical (unpaired) electrons. The van der Waals surface area contributed by atoms with Crippen LogP contribution < -0.4 is 5.22 Å². The Bertz CT molecular complexity index is 2500. The Balaban J connectivity index is 1.42. The molecule has 0 spiro atoms. The summed E-state index contributed by atoms with van der Waals surface area (Å²) >= 11 is 0. The third-order valence-corrected chi connectivity index (χ3v) is 9.25. The standard InChI is InChI=1S/C45H29N/c1-3-12-30(13-4-1)32-22-26-34(27-23-32)42(35-28-24-33(25-29-35)31-14-5-2-6-15-31)44-37-17-8-7-16-36(37)43-38-18-9-10-20-40(38)46-41-21-11-19-39(44)45(41)43/h1-29H. The largest absolute Gasteiger partial charge is 0.248 e. The highest BCUT2D eigenvalue weighted by Crippen LogP contribution is 2.37. The zero-order chi connectivity index (χ0) is 30.5. The van der Waals surface area contributed by atoms with Crippen LogP contribution in [0.25, 0.3) is 71.2 Å². The van der Waals surface area contributed by atoms with E-state index in [2.05, 4.69) is 176 Å². The molecule has 0 N–H and O–H groups in total. The van der Waals surface area contributed by atoms with Gasteiger partial charge in [-0.2, -0.15) is 0 Å². The van der Waals surface area contributed by atoms with Crippen LogP contribution in [0.5, 0.6) is 0 Å². The minimum atomic E-state index is 1.02. The Hall–Kier alpha value is -6.05. The van der Waals surface area contributed by atoms with Gasteiger partial charge in [0.25, 0.3) is 0 Å². The predicted octanol–water partition coefficient (Wildman–Crippen LogP) is 11.0. The van der Waals surface area contributed by atoms with E-state index in [-0.39, 0.29) is 0 Å². The van der Waals surface area contributed by atoms with Gasteiger partial charge in [0.05, 0.1) is 11.0 Å². The van der Waals surface area contributed by atoms with Gasteiger partial charge in [0.1, 0.15) is 0 Å². The van der Waals surface area contributed by atoms with Crippen LogP contribution in [0.4, 0.5) is 0 Å². The lowest BCUT2D eigenvalue weighted by molar-refractivity contribution is 1.50. The summed E-state index contributed by atoms with van der Waals surface area (Å²) in [5, 5.41) is 8.63. The van der Waals surface area contributed by atoms with Crippen LogP contribution in [0, 0.1) is 0 Å². The summed E-state index contributed by atoms with van der Waals surface area (Å²) in [5.74, 6) is 0. The van der Waals surface area contributed by atoms with Crippen LogP contribution in [0.1, 0.15) is 11.1 Å². The summed E-state index contributed by atoms with van der Waals surface area (Å²) in [7, 11) is 0. The molecule has 46 heavy (non-hydrogen) atoms. The first-order valence-electron chi connectivity index (χ1n) is 15.8. The molecule has 1 heterocycles. The predicted molar refractivity (Wildman–Crippen MR) is 195 cm³/mol. The van der Waals surface area contributed by atoms with E-state index in [1.807, 2.05) is 0 Å². The van der Waals surface area contributed by atoms with E-state index in [1.165, 1.54) is 76.5 Å². The summed E-state index contributed by atoms with van der Waals surface area (Å²) in [5.41, 5.74) is 10.5. The molecule has 0 saturated carbocycles. The van der Waals surface area contributed by atoms with Gasteiger partial charge in [-0.1, -0.05) is 164 Å². The molecule has 1 aromatic heterocycles. The zero-order valence-electron chi connectivity index (χ0n) is 25.2. The molecule has 214 valence electrons. The molecule has 9 aromatic rings. The number of nitrogens with zero attached hydrogens (tertiary/aromatic N) is 1. The fourth-order valence-corrected chi connectivity index (χ4v) is 7.14. The number of pyridine rings is 1. The highest BCUT2D eigenvalue weighted by atomic mass is 14.7. The molecule has 1 heteroatoms. The topological polar surface area (TPSA) is 12.9 Å². The Morgan fingerprint density at radius 2 is 0.761 bits per heavy atom. The number of benzene rings is 8. The summed E-state index contributed by atoms with van der Waals surface area (Å²) in [6.07, 6.45) is 0. The average Bonchev–Trinajstić information content (AvgIpc) is 3.14. The third kappa shape index (κ3) is 4.29. The smallest absolute Gasteiger partial charge is 0.0722 e. The van der Waals surface area contributed by atoms with E-state index in [0.717, 1.165) is 11.0 Å². The van der Waals surface area contributed by atoms with Crippen LogP contribution in [0.15, 0.2) is 176 Å². The van der Waals surface area contributed by atoms with Crippen molar-refractivity contribution in [1.29, 1.82) is 0 Å². The number of aromatic nitrogens is 1. The lowest BCUT2D eigenvalue weighted by Crippen LogP contribution is -2.13. The number of para-hydroxylation sites is 1. The average molecular weight is 584 g/mol. The summed E-state index contributed by atoms with van der Waals surface area (Å²) in [6, 6.07) is 63.4. The van der Waals surface area contributed by atoms with Crippen LogP contribution in [-0.4, -0.2) is 4.98 Å². The van der Waals surface area contributed by atoms with Gasteiger partial charge in [0.2, 0.25) is 0 Å². The first-order valence-corrected chi connectivity index (χ1v) is 15.8. The highest BCUT2D eigenvalue weighted by molar-refractivity contribution is 6.29. The van der Waals surface area contributed by atoms with Crippen molar-refractivity contribution in [2.24, 2.45) is 0 Å². The van der Waals surface area contributed by atoms with Crippen molar-refractivity contribution in [2.45, 2.75) is 0 Å². The molecule has 0 bridgehead atoms. The fraction of sp³-hybridized carbons (Fsp3) is 0. The molecule has 0 atom stereocenters. The van der Waals surface area contributed by atoms with E-state index in [9.17, 15) is 0 Å². The second kappa shape index (κ2) is 10.8. The van der Waals surface area contributed by atoms with Gasteiger partial charge >= 0.3 is 0 Å². The van der Waals surface area contributed by atoms with Crippen molar-refractivity contribution in [3.8, 4) is 22.3 Å². The van der Waals surface area contributed by atoms with Crippen LogP contribution in [-0.2, 0) is 0 Å². The van der Waals surface area contributed by atoms with Crippen molar-refractivity contribution in [1.82, 2.24) is 4.98 Å². The van der Waals surface area contributed by atoms with E-state index in [1.54, 1.807) is 0 Å². The lowest BCUT2D eigenvalue weighted by Gasteiger charge is -2.17. The molecular formula is C45H29N. The second-order valence-corrected chi connectivity index (χ2v) is 11.9. The minimum Gasteiger partial charge on any atom is -0.248 e. The van der Waals surface area contributed by atoms with Gasteiger partial charge in [-0.15, -0.1) is 0 Å². The maximum atomic E-state index is 5.16. The van der Waals surface area contributed by atoms with Gasteiger partial charge in [-0.3, -0.25) is 0 Å². The lowest BCUT2D eigenvalue weighted by atomic mass is 9.86. The second-order valence-electron chi connectivity index (χ2n) is 11.9. The maximum absolute atomic E-state index is 5.16. The molecule has 0 saturated heterocycles. The summed E-state index contributed by atoms with van der Waals surface area (Å²) in [6.45, 7) is 0. The van der Waals surface area contributed by atoms with Crippen LogP contribution >= 0.6 is 0 Å². The molecule has 0 aliphatic rings. The molecule has 0 aliphatic heterocycles. The number of rotatable bonds is 4. The van der Waals surface area contributed by atoms with Crippen molar-refractivity contribution in [3.05, 3.63) is 192 Å². The third-order valence-electron chi connectivity index (χ3n) is 9.25. The quantitative estimate of drug-likeness (QED) is 0.148. The zero-order valence-corrected chi connectivity index (χ0v) is 25.2. The SMILES string of the molecule is c1ccc(-c2ccc(C(c3ccc(-c4ccccc4)cc3)=c3c4ccccc4c4c5ccccc5nc5cccc3c54)cc2)cc1. The van der Waals surface area contributed by atoms with Gasteiger partial charge in [-0.05, 0) is 72.5 Å². The minimum absolute atomic E-state index is 1.02. The number of hydrogen-bond donors (Lipinski definition) is 0. The first kappa shape index (κ1) is 26.4. The monoisotopic (exact) mass is 583 g/mol. The Kier molecular flexibility index (Phi) is 6.21. The molecule has 0 aliphatic carbocycles. The van der Waals surface area contributed by atoms with Gasteiger partial charge in [0, 0.05) is 16.2 Å². The van der Waals surface area contributed by atoms with Crippen LogP contribution in [0.2, 0.25) is 0 Å². The van der Waals surface area contributed by atoms with Crippen molar-refractivity contribution in [3.63, 3.8) is 0 Å². The number of fused-ring (bicyclic) bond motifs is 4. The van der Waals surface area contributed by atoms with Crippen molar-refractivity contribution >= 4 is 48.9 Å². The van der Waals surface area contributed by atoms with Gasteiger partial charge < -0.3 is 0 Å². The summed E-state index contributed by atoms with van der Waals surface area (Å²) < 4.78 is 0. The fourth-order valence-electron chi connectivity index (χ4n) is 7.14. The molecule has 1 nitrogen and oxygen atoms in total. The van der Waals surface area contributed by atoms with E-state index < -0.39 is 0 Å². The Morgan fingerprint density at radius 1 is 0.304 bits per heavy atom. The van der Waals surface area contributed by atoms with Gasteiger partial charge in [-0.25, -0.2) is 4.98 Å².